The van der Waals surface area contributed by atoms with E-state index in [4.69, 9.17) is 10.5 Å². The summed E-state index contributed by atoms with van der Waals surface area (Å²) in [6.07, 6.45) is 6.16. The van der Waals surface area contributed by atoms with Gasteiger partial charge in [0, 0.05) is 19.3 Å². The second kappa shape index (κ2) is 8.23. The molecule has 5 heterocycles. The molecular formula is C20H22FN7O4S. The maximum atomic E-state index is 13.4. The molecule has 174 valence electrons. The zero-order valence-electron chi connectivity index (χ0n) is 17.5. The number of hydrogen-bond acceptors (Lipinski definition) is 9. The highest BCUT2D eigenvalue weighted by Gasteiger charge is 2.40. The van der Waals surface area contributed by atoms with E-state index in [0.29, 0.717) is 31.6 Å². The molecule has 3 N–H and O–H groups in total. The molecule has 0 aliphatic carbocycles. The van der Waals surface area contributed by atoms with Crippen LogP contribution in [0.25, 0.3) is 5.65 Å². The van der Waals surface area contributed by atoms with Gasteiger partial charge in [0.25, 0.3) is 5.91 Å². The first-order chi connectivity index (χ1) is 15.8. The molecule has 3 aromatic heterocycles. The van der Waals surface area contributed by atoms with Crippen LogP contribution in [0, 0.1) is 5.82 Å². The molecule has 11 nitrogen and oxygen atoms in total. The number of carbonyl (C=O) groups is 1. The minimum atomic E-state index is -3.21. The minimum absolute atomic E-state index is 0.0253. The molecule has 2 aliphatic rings. The number of nitrogens with zero attached hydrogens (tertiary/aromatic N) is 5. The fraction of sp³-hybridized carbons (Fsp3) is 0.400. The number of carbonyl (C=O) groups excluding carboxylic acids is 1. The van der Waals surface area contributed by atoms with E-state index in [0.717, 1.165) is 22.6 Å². The molecule has 2 fully saturated rings. The van der Waals surface area contributed by atoms with E-state index in [-0.39, 0.29) is 30.2 Å². The standard InChI is InChI=1S/C20H22FN7O4S/c21-12-7-24-19-17(18(22)26-28(19)9-12)20(29)25-15-8-23-4-1-16(15)27-5-2-13(3-6-27)33(30,31)14-10-32-11-14/h1,4,7-9,13-14H,2-3,5-6,10-11H2,(H2,22,26)(H,25,29). The van der Waals surface area contributed by atoms with Crippen molar-refractivity contribution in [3.05, 3.63) is 42.2 Å². The van der Waals surface area contributed by atoms with Crippen LogP contribution in [0.4, 0.5) is 21.6 Å². The van der Waals surface area contributed by atoms with Gasteiger partial charge in [0.2, 0.25) is 0 Å². The van der Waals surface area contributed by atoms with Crippen molar-refractivity contribution in [1.29, 1.82) is 0 Å². The summed E-state index contributed by atoms with van der Waals surface area (Å²) >= 11 is 0. The Bertz CT molecular complexity index is 1320. The molecule has 0 bridgehead atoms. The Morgan fingerprint density at radius 3 is 2.67 bits per heavy atom. The third kappa shape index (κ3) is 3.86. The first-order valence-corrected chi connectivity index (χ1v) is 12.1. The highest BCUT2D eigenvalue weighted by Crippen LogP contribution is 2.31. The molecule has 0 unspecified atom stereocenters. The van der Waals surface area contributed by atoms with Crippen molar-refractivity contribution in [2.75, 3.05) is 42.3 Å². The summed E-state index contributed by atoms with van der Waals surface area (Å²) in [6.45, 7) is 1.59. The summed E-state index contributed by atoms with van der Waals surface area (Å²) in [4.78, 5) is 23.1. The monoisotopic (exact) mass is 475 g/mol. The number of ether oxygens (including phenoxy) is 1. The average Bonchev–Trinajstić information content (AvgIpc) is 3.07. The van der Waals surface area contributed by atoms with Gasteiger partial charge in [-0.1, -0.05) is 0 Å². The van der Waals surface area contributed by atoms with Crippen molar-refractivity contribution in [2.24, 2.45) is 0 Å². The van der Waals surface area contributed by atoms with Gasteiger partial charge >= 0.3 is 0 Å². The van der Waals surface area contributed by atoms with E-state index in [9.17, 15) is 17.6 Å². The number of aromatic nitrogens is 4. The molecular weight excluding hydrogens is 453 g/mol. The summed E-state index contributed by atoms with van der Waals surface area (Å²) < 4.78 is 45.0. The van der Waals surface area contributed by atoms with Crippen molar-refractivity contribution in [3.63, 3.8) is 0 Å². The van der Waals surface area contributed by atoms with E-state index >= 15 is 0 Å². The van der Waals surface area contributed by atoms with E-state index < -0.39 is 32.1 Å². The SMILES string of the molecule is Nc1nn2cc(F)cnc2c1C(=O)Nc1cnccc1N1CCC(S(=O)(=O)C2COC2)CC1. The Morgan fingerprint density at radius 2 is 1.97 bits per heavy atom. The Morgan fingerprint density at radius 1 is 1.21 bits per heavy atom. The number of hydrogen-bond donors (Lipinski definition) is 2. The molecule has 3 aromatic rings. The van der Waals surface area contributed by atoms with Gasteiger partial charge in [0.05, 0.1) is 48.4 Å². The van der Waals surface area contributed by atoms with Gasteiger partial charge in [-0.2, -0.15) is 0 Å². The molecule has 0 saturated carbocycles. The third-order valence-electron chi connectivity index (χ3n) is 6.06. The predicted octanol–water partition coefficient (Wildman–Crippen LogP) is 0.880. The van der Waals surface area contributed by atoms with Crippen LogP contribution in [0.3, 0.4) is 0 Å². The lowest BCUT2D eigenvalue weighted by atomic mass is 10.1. The number of pyridine rings is 1. The van der Waals surface area contributed by atoms with Crippen LogP contribution in [0.1, 0.15) is 23.2 Å². The smallest absolute Gasteiger partial charge is 0.263 e. The molecule has 2 saturated heterocycles. The van der Waals surface area contributed by atoms with E-state index in [1.807, 2.05) is 4.90 Å². The Labute approximate surface area is 188 Å². The lowest BCUT2D eigenvalue weighted by molar-refractivity contribution is 0.0411. The Balaban J connectivity index is 1.34. The van der Waals surface area contributed by atoms with Crippen LogP contribution < -0.4 is 16.0 Å². The molecule has 5 rings (SSSR count). The normalized spacial score (nSPS) is 17.8. The zero-order chi connectivity index (χ0) is 23.2. The van der Waals surface area contributed by atoms with Crippen LogP contribution in [0.15, 0.2) is 30.9 Å². The minimum Gasteiger partial charge on any atom is -0.381 e. The lowest BCUT2D eigenvalue weighted by Crippen LogP contribution is -2.49. The second-order valence-corrected chi connectivity index (χ2v) is 10.6. The summed E-state index contributed by atoms with van der Waals surface area (Å²) in [5, 5.41) is 5.94. The molecule has 0 spiro atoms. The maximum Gasteiger partial charge on any atom is 0.263 e. The average molecular weight is 476 g/mol. The number of fused-ring (bicyclic) bond motifs is 1. The number of piperidine rings is 1. The predicted molar refractivity (Wildman–Crippen MR) is 118 cm³/mol. The van der Waals surface area contributed by atoms with Crippen LogP contribution in [-0.2, 0) is 14.6 Å². The van der Waals surface area contributed by atoms with E-state index in [1.54, 1.807) is 12.3 Å². The van der Waals surface area contributed by atoms with Crippen LogP contribution >= 0.6 is 0 Å². The van der Waals surface area contributed by atoms with Gasteiger partial charge in [-0.05, 0) is 18.9 Å². The third-order valence-corrected chi connectivity index (χ3v) is 8.66. The van der Waals surface area contributed by atoms with Crippen molar-refractivity contribution < 1.29 is 22.3 Å². The molecule has 0 aromatic carbocycles. The first kappa shape index (κ1) is 21.5. The molecule has 1 amide bonds. The summed E-state index contributed by atoms with van der Waals surface area (Å²) in [5.41, 5.74) is 7.20. The second-order valence-electron chi connectivity index (χ2n) is 8.08. The van der Waals surface area contributed by atoms with Gasteiger partial charge in [0.1, 0.15) is 10.8 Å². The number of amides is 1. The highest BCUT2D eigenvalue weighted by molar-refractivity contribution is 7.92. The summed E-state index contributed by atoms with van der Waals surface area (Å²) in [5.74, 6) is -1.25. The van der Waals surface area contributed by atoms with Crippen LogP contribution in [0.2, 0.25) is 0 Å². The van der Waals surface area contributed by atoms with Crippen molar-refractivity contribution in [2.45, 2.75) is 23.3 Å². The zero-order valence-corrected chi connectivity index (χ0v) is 18.3. The fourth-order valence-corrected chi connectivity index (χ4v) is 6.18. The van der Waals surface area contributed by atoms with Crippen molar-refractivity contribution in [3.8, 4) is 0 Å². The number of halogens is 1. The fourth-order valence-electron chi connectivity index (χ4n) is 4.19. The van der Waals surface area contributed by atoms with Crippen LogP contribution in [-0.4, -0.2) is 70.7 Å². The van der Waals surface area contributed by atoms with Gasteiger partial charge < -0.3 is 20.7 Å². The lowest BCUT2D eigenvalue weighted by Gasteiger charge is -2.37. The van der Waals surface area contributed by atoms with E-state index in [1.165, 1.54) is 6.20 Å². The number of sulfone groups is 1. The Kier molecular flexibility index (Phi) is 5.37. The number of anilines is 3. The maximum absolute atomic E-state index is 13.4. The Hall–Kier alpha value is -3.32. The molecule has 0 atom stereocenters. The van der Waals surface area contributed by atoms with Crippen molar-refractivity contribution >= 4 is 38.6 Å². The largest absolute Gasteiger partial charge is 0.381 e. The summed E-state index contributed by atoms with van der Waals surface area (Å²) in [7, 11) is -3.21. The number of rotatable bonds is 5. The van der Waals surface area contributed by atoms with Crippen molar-refractivity contribution in [1.82, 2.24) is 19.6 Å². The number of nitrogen functional groups attached to an aromatic ring is 1. The molecule has 0 radical (unpaired) electrons. The topological polar surface area (TPSA) is 145 Å². The van der Waals surface area contributed by atoms with Crippen LogP contribution in [0.5, 0.6) is 0 Å². The quantitative estimate of drug-likeness (QED) is 0.549. The molecule has 2 aliphatic heterocycles. The van der Waals surface area contributed by atoms with Gasteiger partial charge in [-0.3, -0.25) is 9.78 Å². The highest BCUT2D eigenvalue weighted by atomic mass is 32.2. The molecule has 33 heavy (non-hydrogen) atoms. The van der Waals surface area contributed by atoms with E-state index in [2.05, 4.69) is 20.4 Å². The van der Waals surface area contributed by atoms with Gasteiger partial charge in [-0.15, -0.1) is 5.10 Å². The van der Waals surface area contributed by atoms with Gasteiger partial charge in [0.15, 0.2) is 27.1 Å². The summed E-state index contributed by atoms with van der Waals surface area (Å²) in [6, 6.07) is 1.76. The number of nitrogens with two attached hydrogens (primary N) is 1. The molecule has 13 heteroatoms. The van der Waals surface area contributed by atoms with Gasteiger partial charge in [-0.25, -0.2) is 22.3 Å². The first-order valence-electron chi connectivity index (χ1n) is 10.4. The number of nitrogens with one attached hydrogen (secondary N) is 1.